The molecule has 0 saturated carbocycles. The maximum atomic E-state index is 11.5. The topological polar surface area (TPSA) is 44.4 Å². The first-order valence-corrected chi connectivity index (χ1v) is 5.22. The number of amides is 1. The minimum Gasteiger partial charge on any atom is -0.344 e. The monoisotopic (exact) mass is 209 g/mol. The summed E-state index contributed by atoms with van der Waals surface area (Å²) in [6.45, 7) is 7.75. The first kappa shape index (κ1) is 12.0. The van der Waals surface area contributed by atoms with Crippen molar-refractivity contribution in [3.05, 3.63) is 0 Å². The van der Waals surface area contributed by atoms with Gasteiger partial charge in [-0.2, -0.15) is 0 Å². The Balaban J connectivity index is 2.42. The van der Waals surface area contributed by atoms with Gasteiger partial charge in [0.15, 0.2) is 0 Å². The van der Waals surface area contributed by atoms with Gasteiger partial charge in [0.05, 0.1) is 13.1 Å². The molecule has 0 unspecified atom stereocenters. The number of piperazine rings is 1. The highest BCUT2D eigenvalue weighted by molar-refractivity contribution is 5.78. The van der Waals surface area contributed by atoms with Crippen LogP contribution in [-0.2, 0) is 4.79 Å². The van der Waals surface area contributed by atoms with Crippen LogP contribution in [0, 0.1) is 12.3 Å². The number of hydrogen-bond acceptors (Lipinski definition) is 3. The number of hydrogen-bond donors (Lipinski definition) is 2. The lowest BCUT2D eigenvalue weighted by molar-refractivity contribution is -0.123. The second-order valence-electron chi connectivity index (χ2n) is 4.39. The molecule has 0 aromatic carbocycles. The highest BCUT2D eigenvalue weighted by Crippen LogP contribution is 2.15. The number of nitrogens with zero attached hydrogens (tertiary/aromatic N) is 1. The lowest BCUT2D eigenvalue weighted by Gasteiger charge is -2.42. The summed E-state index contributed by atoms with van der Waals surface area (Å²) in [6, 6.07) is 0. The quantitative estimate of drug-likeness (QED) is 0.611. The average Bonchev–Trinajstić information content (AvgIpc) is 2.18. The predicted octanol–water partition coefficient (Wildman–Crippen LogP) is -0.580. The summed E-state index contributed by atoms with van der Waals surface area (Å²) < 4.78 is 0. The molecule has 84 valence electrons. The maximum absolute atomic E-state index is 11.5. The van der Waals surface area contributed by atoms with Crippen molar-refractivity contribution < 1.29 is 4.79 Å². The zero-order valence-electron chi connectivity index (χ0n) is 9.47. The minimum absolute atomic E-state index is 0.00271. The normalized spacial score (nSPS) is 20.6. The van der Waals surface area contributed by atoms with E-state index in [2.05, 4.69) is 35.3 Å². The van der Waals surface area contributed by atoms with Crippen LogP contribution in [0.25, 0.3) is 0 Å². The molecule has 1 aliphatic rings. The summed E-state index contributed by atoms with van der Waals surface area (Å²) >= 11 is 0. The molecule has 15 heavy (non-hydrogen) atoms. The largest absolute Gasteiger partial charge is 0.344 e. The van der Waals surface area contributed by atoms with E-state index < -0.39 is 0 Å². The Kier molecular flexibility index (Phi) is 4.13. The molecular weight excluding hydrogens is 190 g/mol. The summed E-state index contributed by atoms with van der Waals surface area (Å²) in [5, 5.41) is 6.00. The van der Waals surface area contributed by atoms with Gasteiger partial charge in [0.1, 0.15) is 0 Å². The Morgan fingerprint density at radius 2 is 2.40 bits per heavy atom. The van der Waals surface area contributed by atoms with Crippen LogP contribution < -0.4 is 10.6 Å². The molecule has 0 atom stereocenters. The Labute approximate surface area is 91.4 Å². The van der Waals surface area contributed by atoms with Crippen LogP contribution in [0.4, 0.5) is 0 Å². The summed E-state index contributed by atoms with van der Waals surface area (Å²) in [4.78, 5) is 13.7. The maximum Gasteiger partial charge on any atom is 0.234 e. The first-order valence-electron chi connectivity index (χ1n) is 5.22. The lowest BCUT2D eigenvalue weighted by atomic mass is 10.0. The Hall–Kier alpha value is -1.05. The molecule has 0 bridgehead atoms. The SMILES string of the molecule is C#CCNC(=O)CN1CCNCC1(C)C. The Morgan fingerprint density at radius 1 is 1.67 bits per heavy atom. The van der Waals surface area contributed by atoms with Crippen LogP contribution in [0.1, 0.15) is 13.8 Å². The van der Waals surface area contributed by atoms with Crippen LogP contribution in [0.3, 0.4) is 0 Å². The molecule has 0 spiro atoms. The second kappa shape index (κ2) is 5.15. The summed E-state index contributed by atoms with van der Waals surface area (Å²) in [7, 11) is 0. The molecule has 4 heteroatoms. The van der Waals surface area contributed by atoms with E-state index in [9.17, 15) is 4.79 Å². The van der Waals surface area contributed by atoms with Crippen molar-refractivity contribution in [3.8, 4) is 12.3 Å². The summed E-state index contributed by atoms with van der Waals surface area (Å²) in [5.74, 6) is 2.40. The van der Waals surface area contributed by atoms with Crippen LogP contribution in [0.5, 0.6) is 0 Å². The third-order valence-corrected chi connectivity index (χ3v) is 2.69. The van der Waals surface area contributed by atoms with Gasteiger partial charge in [0.2, 0.25) is 5.91 Å². The molecule has 4 nitrogen and oxygen atoms in total. The van der Waals surface area contributed by atoms with Crippen molar-refractivity contribution in [2.45, 2.75) is 19.4 Å². The van der Waals surface area contributed by atoms with Gasteiger partial charge < -0.3 is 10.6 Å². The number of carbonyl (C=O) groups excluding carboxylic acids is 1. The van der Waals surface area contributed by atoms with E-state index in [0.29, 0.717) is 13.1 Å². The van der Waals surface area contributed by atoms with Crippen LogP contribution in [0.15, 0.2) is 0 Å². The van der Waals surface area contributed by atoms with Crippen molar-refractivity contribution in [1.82, 2.24) is 15.5 Å². The van der Waals surface area contributed by atoms with Gasteiger partial charge in [-0.3, -0.25) is 9.69 Å². The fourth-order valence-electron chi connectivity index (χ4n) is 1.69. The van der Waals surface area contributed by atoms with Gasteiger partial charge in [-0.25, -0.2) is 0 Å². The van der Waals surface area contributed by atoms with E-state index in [4.69, 9.17) is 6.42 Å². The van der Waals surface area contributed by atoms with Crippen LogP contribution in [-0.4, -0.2) is 49.1 Å². The van der Waals surface area contributed by atoms with E-state index >= 15 is 0 Å². The number of carbonyl (C=O) groups is 1. The zero-order valence-corrected chi connectivity index (χ0v) is 9.47. The highest BCUT2D eigenvalue weighted by atomic mass is 16.2. The van der Waals surface area contributed by atoms with Crippen molar-refractivity contribution in [2.24, 2.45) is 0 Å². The summed E-state index contributed by atoms with van der Waals surface area (Å²) in [5.41, 5.74) is 0.0335. The average molecular weight is 209 g/mol. The molecular formula is C11H19N3O. The molecule has 0 aliphatic carbocycles. The molecule has 2 N–H and O–H groups in total. The van der Waals surface area contributed by atoms with Crippen molar-refractivity contribution in [3.63, 3.8) is 0 Å². The smallest absolute Gasteiger partial charge is 0.234 e. The third kappa shape index (κ3) is 3.54. The first-order chi connectivity index (χ1) is 7.06. The van der Waals surface area contributed by atoms with Gasteiger partial charge in [-0.15, -0.1) is 6.42 Å². The van der Waals surface area contributed by atoms with Crippen LogP contribution in [0.2, 0.25) is 0 Å². The van der Waals surface area contributed by atoms with Gasteiger partial charge in [-0.05, 0) is 13.8 Å². The molecule has 0 radical (unpaired) electrons. The lowest BCUT2D eigenvalue weighted by Crippen LogP contribution is -2.59. The molecule has 1 fully saturated rings. The van der Waals surface area contributed by atoms with E-state index in [1.165, 1.54) is 0 Å². The number of nitrogens with one attached hydrogen (secondary N) is 2. The van der Waals surface area contributed by atoms with Crippen LogP contribution >= 0.6 is 0 Å². The van der Waals surface area contributed by atoms with Gasteiger partial charge in [-0.1, -0.05) is 5.92 Å². The standard InChI is InChI=1S/C11H19N3O/c1-4-5-13-10(15)8-14-7-6-12-9-11(14,2)3/h1,12H,5-9H2,2-3H3,(H,13,15). The zero-order chi connectivity index (χ0) is 11.3. The van der Waals surface area contributed by atoms with Gasteiger partial charge in [0.25, 0.3) is 0 Å². The fraction of sp³-hybridized carbons (Fsp3) is 0.727. The van der Waals surface area contributed by atoms with Crippen molar-refractivity contribution in [2.75, 3.05) is 32.7 Å². The number of terminal acetylenes is 1. The molecule has 1 aliphatic heterocycles. The predicted molar refractivity (Wildman–Crippen MR) is 60.4 cm³/mol. The van der Waals surface area contributed by atoms with Crippen molar-refractivity contribution >= 4 is 5.91 Å². The highest BCUT2D eigenvalue weighted by Gasteiger charge is 2.30. The molecule has 0 aromatic rings. The van der Waals surface area contributed by atoms with E-state index in [0.717, 1.165) is 19.6 Å². The van der Waals surface area contributed by atoms with E-state index in [-0.39, 0.29) is 11.4 Å². The molecule has 1 amide bonds. The molecule has 1 heterocycles. The van der Waals surface area contributed by atoms with Crippen molar-refractivity contribution in [1.29, 1.82) is 0 Å². The fourth-order valence-corrected chi connectivity index (χ4v) is 1.69. The third-order valence-electron chi connectivity index (χ3n) is 2.69. The van der Waals surface area contributed by atoms with E-state index in [1.807, 2.05) is 0 Å². The minimum atomic E-state index is 0.00271. The Bertz CT molecular complexity index is 267. The van der Waals surface area contributed by atoms with E-state index in [1.54, 1.807) is 0 Å². The molecule has 1 rings (SSSR count). The molecule has 0 aromatic heterocycles. The van der Waals surface area contributed by atoms with Gasteiger partial charge in [0, 0.05) is 25.2 Å². The molecule has 1 saturated heterocycles. The Morgan fingerprint density at radius 3 is 3.00 bits per heavy atom. The second-order valence-corrected chi connectivity index (χ2v) is 4.39. The van der Waals surface area contributed by atoms with Gasteiger partial charge >= 0.3 is 0 Å². The summed E-state index contributed by atoms with van der Waals surface area (Å²) in [6.07, 6.45) is 5.07. The number of rotatable bonds is 3.